The van der Waals surface area contributed by atoms with Gasteiger partial charge >= 0.3 is 0 Å². The van der Waals surface area contributed by atoms with Gasteiger partial charge < -0.3 is 9.64 Å². The molecule has 7 heteroatoms. The standard InChI is InChI=1S/C20H28N4O2S/c1-3-4-18-21-22-20(27)24(18)14-19(25)23-11-9-16(10-12-23)13-15-5-7-17(26-2)8-6-15/h5-8,16H,3-4,9-14H2,1-2H3,(H,22,27). The quantitative estimate of drug-likeness (QED) is 0.739. The van der Waals surface area contributed by atoms with Gasteiger partial charge in [-0.1, -0.05) is 19.1 Å². The van der Waals surface area contributed by atoms with Crippen molar-refractivity contribution in [2.24, 2.45) is 5.92 Å². The van der Waals surface area contributed by atoms with E-state index in [0.29, 0.717) is 10.7 Å². The number of carbonyl (C=O) groups is 1. The van der Waals surface area contributed by atoms with Gasteiger partial charge in [0.25, 0.3) is 0 Å². The number of aromatic amines is 1. The number of methoxy groups -OCH3 is 1. The topological polar surface area (TPSA) is 63.2 Å². The summed E-state index contributed by atoms with van der Waals surface area (Å²) < 4.78 is 7.58. The normalized spacial score (nSPS) is 15.1. The Kier molecular flexibility index (Phi) is 6.66. The fourth-order valence-electron chi connectivity index (χ4n) is 3.64. The first-order chi connectivity index (χ1) is 13.1. The van der Waals surface area contributed by atoms with Crippen LogP contribution in [0.2, 0.25) is 0 Å². The molecule has 2 aromatic rings. The first-order valence-corrected chi connectivity index (χ1v) is 10.1. The lowest BCUT2D eigenvalue weighted by molar-refractivity contribution is -0.133. The maximum absolute atomic E-state index is 12.7. The van der Waals surface area contributed by atoms with Crippen LogP contribution in [-0.4, -0.2) is 45.8 Å². The van der Waals surface area contributed by atoms with Gasteiger partial charge in [0, 0.05) is 19.5 Å². The summed E-state index contributed by atoms with van der Waals surface area (Å²) in [6.07, 6.45) is 4.93. The van der Waals surface area contributed by atoms with Crippen LogP contribution in [0, 0.1) is 10.7 Å². The molecule has 0 radical (unpaired) electrons. The Morgan fingerprint density at radius 1 is 1.30 bits per heavy atom. The molecule has 1 N–H and O–H groups in total. The molecule has 1 saturated heterocycles. The second kappa shape index (κ2) is 9.17. The summed E-state index contributed by atoms with van der Waals surface area (Å²) in [5, 5.41) is 7.05. The Morgan fingerprint density at radius 3 is 2.63 bits per heavy atom. The van der Waals surface area contributed by atoms with E-state index in [2.05, 4.69) is 29.3 Å². The first kappa shape index (κ1) is 19.6. The van der Waals surface area contributed by atoms with Crippen molar-refractivity contribution in [3.8, 4) is 5.75 Å². The Morgan fingerprint density at radius 2 is 2.00 bits per heavy atom. The molecule has 146 valence electrons. The molecule has 1 fully saturated rings. The number of aromatic nitrogens is 3. The summed E-state index contributed by atoms with van der Waals surface area (Å²) in [5.74, 6) is 2.51. The molecule has 0 spiro atoms. The number of aryl methyl sites for hydroxylation is 1. The number of piperidine rings is 1. The van der Waals surface area contributed by atoms with Gasteiger partial charge in [0.2, 0.25) is 5.91 Å². The number of ether oxygens (including phenoxy) is 1. The molecule has 1 amide bonds. The van der Waals surface area contributed by atoms with E-state index in [1.807, 2.05) is 21.6 Å². The number of nitrogens with one attached hydrogen (secondary N) is 1. The molecular formula is C20H28N4O2S. The Bertz CT molecular complexity index is 804. The van der Waals surface area contributed by atoms with Gasteiger partial charge in [-0.2, -0.15) is 5.10 Å². The molecule has 1 aliphatic rings. The summed E-state index contributed by atoms with van der Waals surface area (Å²) in [4.78, 5) is 14.7. The number of H-pyrrole nitrogens is 1. The highest BCUT2D eigenvalue weighted by atomic mass is 32.1. The Balaban J connectivity index is 1.52. The third-order valence-corrected chi connectivity index (χ3v) is 5.57. The summed E-state index contributed by atoms with van der Waals surface area (Å²) in [6, 6.07) is 8.28. The number of hydrogen-bond donors (Lipinski definition) is 1. The monoisotopic (exact) mass is 388 g/mol. The van der Waals surface area contributed by atoms with Crippen LogP contribution in [0.1, 0.15) is 37.6 Å². The Hall–Kier alpha value is -2.15. The number of likely N-dealkylation sites (tertiary alicyclic amines) is 1. The average molecular weight is 389 g/mol. The fraction of sp³-hybridized carbons (Fsp3) is 0.550. The van der Waals surface area contributed by atoms with Gasteiger partial charge in [0.1, 0.15) is 18.1 Å². The van der Waals surface area contributed by atoms with Gasteiger partial charge in [-0.05, 0) is 61.5 Å². The molecular weight excluding hydrogens is 360 g/mol. The lowest BCUT2D eigenvalue weighted by atomic mass is 9.90. The summed E-state index contributed by atoms with van der Waals surface area (Å²) in [6.45, 7) is 4.01. The predicted octanol–water partition coefficient (Wildman–Crippen LogP) is 3.38. The first-order valence-electron chi connectivity index (χ1n) is 9.65. The molecule has 0 unspecified atom stereocenters. The molecule has 6 nitrogen and oxygen atoms in total. The van der Waals surface area contributed by atoms with E-state index in [1.54, 1.807) is 7.11 Å². The van der Waals surface area contributed by atoms with Crippen molar-refractivity contribution < 1.29 is 9.53 Å². The predicted molar refractivity (Wildman–Crippen MR) is 107 cm³/mol. The summed E-state index contributed by atoms with van der Waals surface area (Å²) in [7, 11) is 1.68. The van der Waals surface area contributed by atoms with Gasteiger partial charge in [-0.25, -0.2) is 0 Å². The van der Waals surface area contributed by atoms with Gasteiger partial charge in [0.05, 0.1) is 7.11 Å². The number of nitrogens with zero attached hydrogens (tertiary/aromatic N) is 3. The zero-order valence-electron chi connectivity index (χ0n) is 16.1. The highest BCUT2D eigenvalue weighted by Crippen LogP contribution is 2.23. The van der Waals surface area contributed by atoms with Crippen molar-refractivity contribution in [3.63, 3.8) is 0 Å². The molecule has 1 aliphatic heterocycles. The summed E-state index contributed by atoms with van der Waals surface area (Å²) in [5.41, 5.74) is 1.33. The van der Waals surface area contributed by atoms with Gasteiger partial charge in [-0.3, -0.25) is 14.5 Å². The van der Waals surface area contributed by atoms with Crippen molar-refractivity contribution in [2.75, 3.05) is 20.2 Å². The van der Waals surface area contributed by atoms with Crippen LogP contribution < -0.4 is 4.74 Å². The second-order valence-electron chi connectivity index (χ2n) is 7.16. The van der Waals surface area contributed by atoms with Crippen LogP contribution in [0.4, 0.5) is 0 Å². The van der Waals surface area contributed by atoms with Crippen LogP contribution in [0.25, 0.3) is 0 Å². The van der Waals surface area contributed by atoms with E-state index in [-0.39, 0.29) is 12.5 Å². The van der Waals surface area contributed by atoms with Crippen molar-refractivity contribution in [1.82, 2.24) is 19.7 Å². The molecule has 1 aromatic carbocycles. The molecule has 1 aromatic heterocycles. The molecule has 3 rings (SSSR count). The smallest absolute Gasteiger partial charge is 0.242 e. The number of benzene rings is 1. The van der Waals surface area contributed by atoms with E-state index in [9.17, 15) is 4.79 Å². The third kappa shape index (κ3) is 4.97. The molecule has 0 saturated carbocycles. The minimum atomic E-state index is 0.132. The van der Waals surface area contributed by atoms with Gasteiger partial charge in [-0.15, -0.1) is 0 Å². The highest BCUT2D eigenvalue weighted by Gasteiger charge is 2.24. The fourth-order valence-corrected chi connectivity index (χ4v) is 3.86. The van der Waals surface area contributed by atoms with Gasteiger partial charge in [0.15, 0.2) is 4.77 Å². The minimum Gasteiger partial charge on any atom is -0.497 e. The average Bonchev–Trinajstić information content (AvgIpc) is 3.03. The molecule has 0 atom stereocenters. The molecule has 0 bridgehead atoms. The number of amides is 1. The molecule has 27 heavy (non-hydrogen) atoms. The highest BCUT2D eigenvalue weighted by molar-refractivity contribution is 7.71. The number of hydrogen-bond acceptors (Lipinski definition) is 4. The number of rotatable bonds is 7. The maximum Gasteiger partial charge on any atom is 0.242 e. The maximum atomic E-state index is 12.7. The van der Waals surface area contributed by atoms with E-state index >= 15 is 0 Å². The zero-order valence-corrected chi connectivity index (χ0v) is 16.9. The van der Waals surface area contributed by atoms with E-state index < -0.39 is 0 Å². The molecule has 0 aliphatic carbocycles. The SMILES string of the molecule is CCCc1n[nH]c(=S)n1CC(=O)N1CCC(Cc2ccc(OC)cc2)CC1. The zero-order chi connectivity index (χ0) is 19.2. The Labute approximate surface area is 165 Å². The lowest BCUT2D eigenvalue weighted by Gasteiger charge is -2.32. The summed E-state index contributed by atoms with van der Waals surface area (Å²) >= 11 is 5.28. The van der Waals surface area contributed by atoms with Crippen LogP contribution in [0.15, 0.2) is 24.3 Å². The third-order valence-electron chi connectivity index (χ3n) is 5.25. The minimum absolute atomic E-state index is 0.132. The number of carbonyl (C=O) groups excluding carboxylic acids is 1. The van der Waals surface area contributed by atoms with Crippen molar-refractivity contribution in [3.05, 3.63) is 40.4 Å². The van der Waals surface area contributed by atoms with Crippen molar-refractivity contribution in [1.29, 1.82) is 0 Å². The van der Waals surface area contributed by atoms with Crippen LogP contribution in [0.3, 0.4) is 0 Å². The largest absolute Gasteiger partial charge is 0.497 e. The van der Waals surface area contributed by atoms with E-state index in [0.717, 1.165) is 56.8 Å². The van der Waals surface area contributed by atoms with Crippen molar-refractivity contribution >= 4 is 18.1 Å². The van der Waals surface area contributed by atoms with Crippen LogP contribution in [-0.2, 0) is 24.2 Å². The van der Waals surface area contributed by atoms with Crippen molar-refractivity contribution in [2.45, 2.75) is 45.6 Å². The van der Waals surface area contributed by atoms with Crippen LogP contribution in [0.5, 0.6) is 5.75 Å². The van der Waals surface area contributed by atoms with E-state index in [4.69, 9.17) is 17.0 Å². The lowest BCUT2D eigenvalue weighted by Crippen LogP contribution is -2.40. The second-order valence-corrected chi connectivity index (χ2v) is 7.54. The molecule has 2 heterocycles. The van der Waals surface area contributed by atoms with Crippen LogP contribution >= 0.6 is 12.2 Å². The van der Waals surface area contributed by atoms with E-state index in [1.165, 1.54) is 5.56 Å².